The molecule has 2 aromatic carbocycles. The van der Waals surface area contributed by atoms with Crippen molar-refractivity contribution in [3.05, 3.63) is 64.3 Å². The zero-order chi connectivity index (χ0) is 24.1. The van der Waals surface area contributed by atoms with E-state index in [9.17, 15) is 14.0 Å². The van der Waals surface area contributed by atoms with E-state index in [4.69, 9.17) is 20.3 Å². The van der Waals surface area contributed by atoms with Crippen LogP contribution in [-0.2, 0) is 4.79 Å². The van der Waals surface area contributed by atoms with Gasteiger partial charge in [-0.15, -0.1) is 0 Å². The molecule has 1 unspecified atom stereocenters. The number of aromatic nitrogens is 1. The summed E-state index contributed by atoms with van der Waals surface area (Å²) in [4.78, 5) is 24.2. The molecule has 33 heavy (non-hydrogen) atoms. The van der Waals surface area contributed by atoms with Gasteiger partial charge >= 0.3 is 0 Å². The highest BCUT2D eigenvalue weighted by atomic mass is 32.1. The van der Waals surface area contributed by atoms with Crippen LogP contribution < -0.4 is 20.5 Å². The molecule has 0 radical (unpaired) electrons. The molecular weight excluding hydrogens is 449 g/mol. The van der Waals surface area contributed by atoms with Gasteiger partial charge in [0, 0.05) is 5.56 Å². The van der Waals surface area contributed by atoms with Gasteiger partial charge < -0.3 is 25.6 Å². The van der Waals surface area contributed by atoms with Crippen LogP contribution >= 0.6 is 11.5 Å². The third-order valence-electron chi connectivity index (χ3n) is 4.95. The molecule has 8 nitrogen and oxygen atoms in total. The zero-order valence-electron chi connectivity index (χ0n) is 18.3. The van der Waals surface area contributed by atoms with Crippen LogP contribution in [-0.4, -0.2) is 41.1 Å². The Kier molecular flexibility index (Phi) is 7.62. The van der Waals surface area contributed by atoms with E-state index in [0.29, 0.717) is 17.0 Å². The number of carbonyl (C=O) groups excluding carboxylic acids is 2. The van der Waals surface area contributed by atoms with Crippen LogP contribution in [0.1, 0.15) is 33.8 Å². The lowest BCUT2D eigenvalue weighted by Crippen LogP contribution is -2.47. The summed E-state index contributed by atoms with van der Waals surface area (Å²) in [6.45, 7) is 3.14. The van der Waals surface area contributed by atoms with E-state index in [1.54, 1.807) is 19.2 Å². The monoisotopic (exact) mass is 473 g/mol. The van der Waals surface area contributed by atoms with Crippen molar-refractivity contribution in [2.45, 2.75) is 26.0 Å². The van der Waals surface area contributed by atoms with Crippen LogP contribution in [0.4, 0.5) is 4.39 Å². The Morgan fingerprint density at radius 3 is 2.61 bits per heavy atom. The van der Waals surface area contributed by atoms with Crippen molar-refractivity contribution in [2.75, 3.05) is 13.7 Å². The SMILES string of the molecule is COc1ccc(OC(C)c2cc(-c3ccc(C(=O)N[C@@H](CO)C(N)=O)c(F)c3)ns2)cc1C. The predicted octanol–water partition coefficient (Wildman–Crippen LogP) is 2.98. The fourth-order valence-electron chi connectivity index (χ4n) is 3.10. The van der Waals surface area contributed by atoms with E-state index in [1.807, 2.05) is 32.0 Å². The number of carbonyl (C=O) groups is 2. The Bertz CT molecular complexity index is 1170. The van der Waals surface area contributed by atoms with Gasteiger partial charge in [-0.2, -0.15) is 4.37 Å². The molecular formula is C23H24FN3O5S. The maximum absolute atomic E-state index is 14.6. The van der Waals surface area contributed by atoms with Crippen LogP contribution in [0, 0.1) is 12.7 Å². The molecule has 2 amide bonds. The lowest BCUT2D eigenvalue weighted by atomic mass is 10.1. The van der Waals surface area contributed by atoms with Crippen LogP contribution in [0.15, 0.2) is 42.5 Å². The first kappa shape index (κ1) is 24.1. The summed E-state index contributed by atoms with van der Waals surface area (Å²) in [5, 5.41) is 11.3. The molecule has 10 heteroatoms. The van der Waals surface area contributed by atoms with Gasteiger partial charge in [0.25, 0.3) is 5.91 Å². The summed E-state index contributed by atoms with van der Waals surface area (Å²) in [6.07, 6.45) is -0.289. The first-order chi connectivity index (χ1) is 15.7. The van der Waals surface area contributed by atoms with E-state index >= 15 is 0 Å². The second kappa shape index (κ2) is 10.4. The molecule has 0 fully saturated rings. The molecule has 3 rings (SSSR count). The number of aliphatic hydroxyl groups is 1. The van der Waals surface area contributed by atoms with Gasteiger partial charge in [-0.05, 0) is 67.3 Å². The molecule has 1 aromatic heterocycles. The van der Waals surface area contributed by atoms with Crippen LogP contribution in [0.5, 0.6) is 11.5 Å². The van der Waals surface area contributed by atoms with Gasteiger partial charge in [-0.1, -0.05) is 6.07 Å². The predicted molar refractivity (Wildman–Crippen MR) is 122 cm³/mol. The number of methoxy groups -OCH3 is 1. The third kappa shape index (κ3) is 5.65. The third-order valence-corrected chi connectivity index (χ3v) is 5.90. The standard InChI is InChI=1S/C23H24FN3O5S/c1-12-8-15(5-7-20(12)31-3)32-13(2)21-10-18(27-33-21)14-4-6-16(17(24)9-14)23(30)26-19(11-28)22(25)29/h4-10,13,19,28H,11H2,1-3H3,(H2,25,29)(H,26,30)/t13?,19-/m0/s1. The first-order valence-electron chi connectivity index (χ1n) is 10.0. The number of ether oxygens (including phenoxy) is 2. The number of benzene rings is 2. The lowest BCUT2D eigenvalue weighted by molar-refractivity contribution is -0.120. The van der Waals surface area contributed by atoms with Crippen molar-refractivity contribution in [2.24, 2.45) is 5.73 Å². The number of hydrogen-bond acceptors (Lipinski definition) is 7. The minimum Gasteiger partial charge on any atom is -0.496 e. The maximum atomic E-state index is 14.6. The van der Waals surface area contributed by atoms with E-state index in [0.717, 1.165) is 16.2 Å². The van der Waals surface area contributed by atoms with Crippen molar-refractivity contribution in [1.29, 1.82) is 0 Å². The van der Waals surface area contributed by atoms with E-state index in [-0.39, 0.29) is 11.7 Å². The van der Waals surface area contributed by atoms with Crippen LogP contribution in [0.3, 0.4) is 0 Å². The Labute approximate surface area is 194 Å². The highest BCUT2D eigenvalue weighted by molar-refractivity contribution is 7.06. The van der Waals surface area contributed by atoms with E-state index in [2.05, 4.69) is 9.69 Å². The van der Waals surface area contributed by atoms with Crippen molar-refractivity contribution in [1.82, 2.24) is 9.69 Å². The van der Waals surface area contributed by atoms with Crippen LogP contribution in [0.25, 0.3) is 11.3 Å². The first-order valence-corrected chi connectivity index (χ1v) is 10.8. The molecule has 1 heterocycles. The number of nitrogens with one attached hydrogen (secondary N) is 1. The molecule has 0 saturated carbocycles. The number of amides is 2. The quantitative estimate of drug-likeness (QED) is 0.439. The number of aliphatic hydroxyl groups excluding tert-OH is 1. The molecule has 0 saturated heterocycles. The Morgan fingerprint density at radius 2 is 2.00 bits per heavy atom. The van der Waals surface area contributed by atoms with Gasteiger partial charge in [0.15, 0.2) is 0 Å². The number of primary amides is 1. The van der Waals surface area contributed by atoms with Gasteiger partial charge in [-0.25, -0.2) is 4.39 Å². The zero-order valence-corrected chi connectivity index (χ0v) is 19.1. The van der Waals surface area contributed by atoms with Crippen molar-refractivity contribution in [3.63, 3.8) is 0 Å². The second-order valence-corrected chi connectivity index (χ2v) is 8.15. The van der Waals surface area contributed by atoms with E-state index < -0.39 is 30.3 Å². The topological polar surface area (TPSA) is 124 Å². The second-order valence-electron chi connectivity index (χ2n) is 7.31. The number of hydrogen-bond donors (Lipinski definition) is 3. The molecule has 0 aliphatic rings. The van der Waals surface area contributed by atoms with Gasteiger partial charge in [0.1, 0.15) is 29.5 Å². The molecule has 0 bridgehead atoms. The summed E-state index contributed by atoms with van der Waals surface area (Å²) in [7, 11) is 1.61. The fraction of sp³-hybridized carbons (Fsp3) is 0.261. The maximum Gasteiger partial charge on any atom is 0.254 e. The van der Waals surface area contributed by atoms with Gasteiger partial charge in [0.2, 0.25) is 5.91 Å². The van der Waals surface area contributed by atoms with E-state index in [1.165, 1.54) is 23.7 Å². The fourth-order valence-corrected chi connectivity index (χ4v) is 3.83. The molecule has 3 aromatic rings. The average molecular weight is 474 g/mol. The normalized spacial score (nSPS) is 12.6. The van der Waals surface area contributed by atoms with Gasteiger partial charge in [-0.3, -0.25) is 9.59 Å². The number of nitrogens with two attached hydrogens (primary N) is 1. The highest BCUT2D eigenvalue weighted by Gasteiger charge is 2.21. The summed E-state index contributed by atoms with van der Waals surface area (Å²) < 4.78 is 30.2. The molecule has 0 spiro atoms. The van der Waals surface area contributed by atoms with Crippen molar-refractivity contribution in [3.8, 4) is 22.8 Å². The molecule has 2 atom stereocenters. The summed E-state index contributed by atoms with van der Waals surface area (Å²) in [5.74, 6) is -1.10. The number of rotatable bonds is 9. The largest absolute Gasteiger partial charge is 0.496 e. The Balaban J connectivity index is 1.73. The molecule has 4 N–H and O–H groups in total. The summed E-state index contributed by atoms with van der Waals surface area (Å²) >= 11 is 1.23. The molecule has 0 aliphatic heterocycles. The minimum atomic E-state index is -1.30. The smallest absolute Gasteiger partial charge is 0.254 e. The number of halogens is 1. The average Bonchev–Trinajstić information content (AvgIpc) is 3.27. The number of nitrogens with zero attached hydrogens (tertiary/aromatic N) is 1. The summed E-state index contributed by atoms with van der Waals surface area (Å²) in [6, 6.07) is 10.1. The molecule has 174 valence electrons. The minimum absolute atomic E-state index is 0.277. The Morgan fingerprint density at radius 1 is 1.24 bits per heavy atom. The van der Waals surface area contributed by atoms with Crippen LogP contribution in [0.2, 0.25) is 0 Å². The van der Waals surface area contributed by atoms with Crippen molar-refractivity contribution >= 4 is 23.3 Å². The Hall–Kier alpha value is -3.50. The summed E-state index contributed by atoms with van der Waals surface area (Å²) in [5.41, 5.74) is 6.77. The van der Waals surface area contributed by atoms with Gasteiger partial charge in [0.05, 0.1) is 29.9 Å². The number of aryl methyl sites for hydroxylation is 1. The highest BCUT2D eigenvalue weighted by Crippen LogP contribution is 2.31. The lowest BCUT2D eigenvalue weighted by Gasteiger charge is -2.14. The van der Waals surface area contributed by atoms with Crippen molar-refractivity contribution < 1.29 is 28.6 Å². The molecule has 0 aliphatic carbocycles.